The number of hydrogen-bond acceptors (Lipinski definition) is 3. The summed E-state index contributed by atoms with van der Waals surface area (Å²) in [5.41, 5.74) is 0.331. The normalized spacial score (nSPS) is 50.6. The lowest BCUT2D eigenvalue weighted by Crippen LogP contribution is -2.59. The number of rotatable bonds is 2. The molecule has 0 radical (unpaired) electrons. The van der Waals surface area contributed by atoms with E-state index < -0.39 is 8.32 Å². The van der Waals surface area contributed by atoms with Crippen LogP contribution in [0.2, 0.25) is 18.1 Å². The smallest absolute Gasteiger partial charge is 0.192 e. The van der Waals surface area contributed by atoms with Gasteiger partial charge in [0.05, 0.1) is 12.2 Å². The molecule has 4 fully saturated rings. The van der Waals surface area contributed by atoms with E-state index in [1.807, 2.05) is 0 Å². The monoisotopic (exact) mass is 422 g/mol. The molecule has 0 heterocycles. The van der Waals surface area contributed by atoms with Gasteiger partial charge < -0.3 is 14.6 Å². The van der Waals surface area contributed by atoms with Crippen LogP contribution in [0.15, 0.2) is 0 Å². The van der Waals surface area contributed by atoms with Gasteiger partial charge in [-0.2, -0.15) is 0 Å². The van der Waals surface area contributed by atoms with E-state index in [0.29, 0.717) is 29.8 Å². The molecule has 0 saturated heterocycles. The van der Waals surface area contributed by atoms with Crippen LogP contribution in [-0.2, 0) is 4.43 Å². The second-order valence-electron chi connectivity index (χ2n) is 13.2. The molecule has 4 aliphatic carbocycles. The van der Waals surface area contributed by atoms with Crippen molar-refractivity contribution in [2.75, 3.05) is 0 Å². The van der Waals surface area contributed by atoms with Crippen molar-refractivity contribution in [3.05, 3.63) is 0 Å². The topological polar surface area (TPSA) is 49.7 Å². The van der Waals surface area contributed by atoms with Crippen molar-refractivity contribution in [3.63, 3.8) is 0 Å². The lowest BCUT2D eigenvalue weighted by molar-refractivity contribution is -0.173. The van der Waals surface area contributed by atoms with Crippen LogP contribution < -0.4 is 0 Å². The van der Waals surface area contributed by atoms with Crippen LogP contribution >= 0.6 is 0 Å². The molecule has 0 aromatic heterocycles. The van der Waals surface area contributed by atoms with E-state index in [2.05, 4.69) is 47.7 Å². The van der Waals surface area contributed by atoms with Gasteiger partial charge in [0, 0.05) is 6.10 Å². The fourth-order valence-electron chi connectivity index (χ4n) is 7.94. The minimum Gasteiger partial charge on any atom is -0.414 e. The first kappa shape index (κ1) is 22.3. The van der Waals surface area contributed by atoms with Crippen molar-refractivity contribution >= 4 is 8.32 Å². The Morgan fingerprint density at radius 2 is 1.45 bits per heavy atom. The zero-order chi connectivity index (χ0) is 21.4. The van der Waals surface area contributed by atoms with Crippen LogP contribution in [-0.4, -0.2) is 36.8 Å². The Kier molecular flexibility index (Phi) is 5.42. The van der Waals surface area contributed by atoms with Crippen molar-refractivity contribution in [2.45, 2.75) is 122 Å². The van der Waals surface area contributed by atoms with E-state index in [1.165, 1.54) is 19.3 Å². The number of fused-ring (bicyclic) bond motifs is 5. The standard InChI is InChI=1S/C25H46O3Si/c1-23(2,3)29(6,7)28-16-10-12-24(4)19-11-13-25(5)18(8-9-22(25)27)17(19)15-21(26)20(24)14-16/h16-22,26-27H,8-15H2,1-7H3/t16?,17-,18-,19-,20+,21-,22-,24+,25-/m0/s1. The second-order valence-corrected chi connectivity index (χ2v) is 18.0. The fraction of sp³-hybridized carbons (Fsp3) is 1.00. The molecule has 0 bridgehead atoms. The number of aliphatic hydroxyl groups excluding tert-OH is 2. The molecule has 0 amide bonds. The van der Waals surface area contributed by atoms with Gasteiger partial charge in [-0.3, -0.25) is 0 Å². The van der Waals surface area contributed by atoms with Gasteiger partial charge in [-0.15, -0.1) is 0 Å². The maximum atomic E-state index is 11.3. The molecule has 0 aromatic rings. The second kappa shape index (κ2) is 7.05. The quantitative estimate of drug-likeness (QED) is 0.557. The average molecular weight is 423 g/mol. The summed E-state index contributed by atoms with van der Waals surface area (Å²) >= 11 is 0. The molecule has 0 aliphatic heterocycles. The van der Waals surface area contributed by atoms with E-state index in [1.54, 1.807) is 0 Å². The minimum atomic E-state index is -1.77. The predicted octanol–water partition coefficient (Wildman–Crippen LogP) is 5.75. The Morgan fingerprint density at radius 1 is 0.828 bits per heavy atom. The summed E-state index contributed by atoms with van der Waals surface area (Å²) in [6.45, 7) is 16.5. The van der Waals surface area contributed by atoms with Crippen LogP contribution in [0.1, 0.15) is 86.0 Å². The van der Waals surface area contributed by atoms with Crippen molar-refractivity contribution in [2.24, 2.45) is 34.5 Å². The highest BCUT2D eigenvalue weighted by atomic mass is 28.4. The summed E-state index contributed by atoms with van der Waals surface area (Å²) in [4.78, 5) is 0. The van der Waals surface area contributed by atoms with Crippen molar-refractivity contribution in [1.82, 2.24) is 0 Å². The van der Waals surface area contributed by atoms with Crippen molar-refractivity contribution in [1.29, 1.82) is 0 Å². The molecule has 168 valence electrons. The van der Waals surface area contributed by atoms with Crippen molar-refractivity contribution < 1.29 is 14.6 Å². The van der Waals surface area contributed by atoms with Gasteiger partial charge in [-0.05, 0) is 104 Å². The summed E-state index contributed by atoms with van der Waals surface area (Å²) < 4.78 is 6.82. The Bertz CT molecular complexity index is 628. The van der Waals surface area contributed by atoms with Gasteiger partial charge in [-0.25, -0.2) is 0 Å². The molecular formula is C25H46O3Si. The van der Waals surface area contributed by atoms with Gasteiger partial charge >= 0.3 is 0 Å². The van der Waals surface area contributed by atoms with Crippen LogP contribution in [0, 0.1) is 34.5 Å². The molecular weight excluding hydrogens is 376 g/mol. The zero-order valence-corrected chi connectivity index (χ0v) is 21.0. The summed E-state index contributed by atoms with van der Waals surface area (Å²) in [7, 11) is -1.77. The first-order valence-electron chi connectivity index (χ1n) is 12.3. The summed E-state index contributed by atoms with van der Waals surface area (Å²) in [6, 6.07) is 0. The van der Waals surface area contributed by atoms with Crippen molar-refractivity contribution in [3.8, 4) is 0 Å². The van der Waals surface area contributed by atoms with Gasteiger partial charge in [-0.1, -0.05) is 34.6 Å². The number of hydrogen-bond donors (Lipinski definition) is 2. The highest BCUT2D eigenvalue weighted by molar-refractivity contribution is 6.74. The molecule has 4 aliphatic rings. The van der Waals surface area contributed by atoms with E-state index in [4.69, 9.17) is 4.43 Å². The third-order valence-electron chi connectivity index (χ3n) is 10.8. The fourth-order valence-corrected chi connectivity index (χ4v) is 9.34. The van der Waals surface area contributed by atoms with Gasteiger partial charge in [0.1, 0.15) is 0 Å². The molecule has 4 saturated carbocycles. The van der Waals surface area contributed by atoms with Gasteiger partial charge in [0.25, 0.3) is 0 Å². The van der Waals surface area contributed by atoms with E-state index >= 15 is 0 Å². The summed E-state index contributed by atoms with van der Waals surface area (Å²) in [6.07, 6.45) is 8.85. The Hall–Kier alpha value is 0.0969. The van der Waals surface area contributed by atoms with Crippen LogP contribution in [0.4, 0.5) is 0 Å². The Labute approximate surface area is 180 Å². The molecule has 9 atom stereocenters. The highest BCUT2D eigenvalue weighted by Gasteiger charge is 2.62. The molecule has 4 rings (SSSR count). The van der Waals surface area contributed by atoms with E-state index in [-0.39, 0.29) is 28.1 Å². The number of aliphatic hydroxyl groups is 2. The maximum absolute atomic E-state index is 11.3. The SMILES string of the molecule is CC(C)(C)[Si](C)(C)OC1CC[C@@]2(C)[C@H](C1)[C@@H](O)C[C@@H]1[C@@H]2CC[C@]2(C)[C@@H](O)CC[C@@H]12. The first-order chi connectivity index (χ1) is 13.3. The van der Waals surface area contributed by atoms with Gasteiger partial charge in [0.15, 0.2) is 8.32 Å². The summed E-state index contributed by atoms with van der Waals surface area (Å²) in [5, 5.41) is 22.3. The molecule has 3 nitrogen and oxygen atoms in total. The summed E-state index contributed by atoms with van der Waals surface area (Å²) in [5.74, 6) is 2.29. The molecule has 0 spiro atoms. The zero-order valence-electron chi connectivity index (χ0n) is 20.0. The van der Waals surface area contributed by atoms with E-state index in [0.717, 1.165) is 32.1 Å². The third kappa shape index (κ3) is 3.39. The Balaban J connectivity index is 1.53. The minimum absolute atomic E-state index is 0.0900. The lowest BCUT2D eigenvalue weighted by atomic mass is 9.44. The first-order valence-corrected chi connectivity index (χ1v) is 15.2. The molecule has 1 unspecified atom stereocenters. The lowest BCUT2D eigenvalue weighted by Gasteiger charge is -2.62. The van der Waals surface area contributed by atoms with E-state index in [9.17, 15) is 10.2 Å². The average Bonchev–Trinajstić information content (AvgIpc) is 2.90. The predicted molar refractivity (Wildman–Crippen MR) is 121 cm³/mol. The van der Waals surface area contributed by atoms with Crippen LogP contribution in [0.25, 0.3) is 0 Å². The third-order valence-corrected chi connectivity index (χ3v) is 15.4. The Morgan fingerprint density at radius 3 is 2.10 bits per heavy atom. The molecule has 2 N–H and O–H groups in total. The highest BCUT2D eigenvalue weighted by Crippen LogP contribution is 2.66. The molecule has 4 heteroatoms. The largest absolute Gasteiger partial charge is 0.414 e. The van der Waals surface area contributed by atoms with Gasteiger partial charge in [0.2, 0.25) is 0 Å². The van der Waals surface area contributed by atoms with Crippen LogP contribution in [0.5, 0.6) is 0 Å². The maximum Gasteiger partial charge on any atom is 0.192 e. The van der Waals surface area contributed by atoms with Crippen LogP contribution in [0.3, 0.4) is 0 Å². The molecule has 29 heavy (non-hydrogen) atoms. The molecule has 0 aromatic carbocycles.